The van der Waals surface area contributed by atoms with E-state index in [1.54, 1.807) is 24.7 Å². The third kappa shape index (κ3) is 3.77. The van der Waals surface area contributed by atoms with E-state index in [0.717, 1.165) is 36.3 Å². The van der Waals surface area contributed by atoms with E-state index in [9.17, 15) is 13.6 Å². The van der Waals surface area contributed by atoms with Gasteiger partial charge < -0.3 is 9.80 Å². The molecule has 2 aliphatic heterocycles. The van der Waals surface area contributed by atoms with Crippen LogP contribution in [0.5, 0.6) is 0 Å². The van der Waals surface area contributed by atoms with Crippen molar-refractivity contribution in [2.75, 3.05) is 31.1 Å². The number of aromatic nitrogens is 4. The van der Waals surface area contributed by atoms with Gasteiger partial charge >= 0.3 is 0 Å². The van der Waals surface area contributed by atoms with E-state index >= 15 is 0 Å². The van der Waals surface area contributed by atoms with Gasteiger partial charge in [0.05, 0.1) is 22.8 Å². The first-order chi connectivity index (χ1) is 17.0. The Balaban J connectivity index is 1.20. The maximum atomic E-state index is 13.7. The molecule has 2 saturated heterocycles. The van der Waals surface area contributed by atoms with Crippen molar-refractivity contribution in [3.63, 3.8) is 0 Å². The van der Waals surface area contributed by atoms with Crippen LogP contribution in [0, 0.1) is 30.4 Å². The molecule has 0 aliphatic carbocycles. The Morgan fingerprint density at radius 3 is 2.31 bits per heavy atom. The molecule has 4 heterocycles. The number of nitrogens with zero attached hydrogens (tertiary/aromatic N) is 6. The van der Waals surface area contributed by atoms with Crippen molar-refractivity contribution in [1.82, 2.24) is 24.8 Å². The van der Waals surface area contributed by atoms with Crippen molar-refractivity contribution in [2.24, 2.45) is 11.8 Å². The largest absolute Gasteiger partial charge is 0.355 e. The molecule has 9 heteroatoms. The molecule has 2 fully saturated rings. The predicted molar refractivity (Wildman–Crippen MR) is 127 cm³/mol. The quantitative estimate of drug-likeness (QED) is 0.451. The first-order valence-corrected chi connectivity index (χ1v) is 11.5. The fourth-order valence-electron chi connectivity index (χ4n) is 5.24. The number of hydrogen-bond donors (Lipinski definition) is 0. The number of benzene rings is 2. The predicted octanol–water partition coefficient (Wildman–Crippen LogP) is 3.88. The highest BCUT2D eigenvalue weighted by Gasteiger charge is 2.42. The molecule has 2 aromatic carbocycles. The van der Waals surface area contributed by atoms with Crippen molar-refractivity contribution in [3.05, 3.63) is 77.8 Å². The SMILES string of the molecule is Cc1cccc(C(=O)N2CC3CN(c4cnc5cc(F)c(F)cc5n4)CC3C2)c1-c1ncccn1. The van der Waals surface area contributed by atoms with E-state index < -0.39 is 11.6 Å². The third-order valence-electron chi connectivity index (χ3n) is 6.96. The van der Waals surface area contributed by atoms with Crippen LogP contribution in [-0.4, -0.2) is 56.9 Å². The first-order valence-electron chi connectivity index (χ1n) is 11.5. The number of carbonyl (C=O) groups excluding carboxylic acids is 1. The van der Waals surface area contributed by atoms with Gasteiger partial charge in [-0.1, -0.05) is 12.1 Å². The number of hydrogen-bond acceptors (Lipinski definition) is 6. The van der Waals surface area contributed by atoms with Crippen molar-refractivity contribution in [3.8, 4) is 11.4 Å². The number of fused-ring (bicyclic) bond motifs is 2. The highest BCUT2D eigenvalue weighted by molar-refractivity contribution is 6.01. The van der Waals surface area contributed by atoms with Gasteiger partial charge in [0.15, 0.2) is 17.5 Å². The van der Waals surface area contributed by atoms with Crippen LogP contribution in [-0.2, 0) is 0 Å². The van der Waals surface area contributed by atoms with E-state index in [2.05, 4.69) is 24.8 Å². The third-order valence-corrected chi connectivity index (χ3v) is 6.96. The minimum Gasteiger partial charge on any atom is -0.355 e. The highest BCUT2D eigenvalue weighted by atomic mass is 19.2. The molecule has 2 aromatic heterocycles. The summed E-state index contributed by atoms with van der Waals surface area (Å²) >= 11 is 0. The average Bonchev–Trinajstić information content (AvgIpc) is 3.44. The Labute approximate surface area is 200 Å². The second kappa shape index (κ2) is 8.33. The number of anilines is 1. The molecule has 2 unspecified atom stereocenters. The van der Waals surface area contributed by atoms with Crippen LogP contribution in [0.4, 0.5) is 14.6 Å². The lowest BCUT2D eigenvalue weighted by Gasteiger charge is -2.23. The monoisotopic (exact) mass is 472 g/mol. The number of halogens is 2. The lowest BCUT2D eigenvalue weighted by atomic mass is 10.00. The zero-order chi connectivity index (χ0) is 24.1. The van der Waals surface area contributed by atoms with Crippen LogP contribution in [0.3, 0.4) is 0 Å². The number of likely N-dealkylation sites (tertiary alicyclic amines) is 1. The van der Waals surface area contributed by atoms with Crippen molar-refractivity contribution >= 4 is 22.8 Å². The molecule has 0 spiro atoms. The number of aryl methyl sites for hydroxylation is 1. The van der Waals surface area contributed by atoms with Gasteiger partial charge in [0.2, 0.25) is 0 Å². The maximum Gasteiger partial charge on any atom is 0.254 e. The zero-order valence-corrected chi connectivity index (χ0v) is 19.0. The van der Waals surface area contributed by atoms with E-state index in [4.69, 9.17) is 0 Å². The van der Waals surface area contributed by atoms with Gasteiger partial charge in [-0.15, -0.1) is 0 Å². The Bertz CT molecular complexity index is 1430. The second-order valence-corrected chi connectivity index (χ2v) is 9.19. The zero-order valence-electron chi connectivity index (χ0n) is 19.0. The summed E-state index contributed by atoms with van der Waals surface area (Å²) in [5.74, 6) is -0.113. The lowest BCUT2D eigenvalue weighted by molar-refractivity contribution is 0.0783. The Kier molecular flexibility index (Phi) is 5.12. The molecule has 1 amide bonds. The Morgan fingerprint density at radius 2 is 1.60 bits per heavy atom. The normalized spacial score (nSPS) is 19.4. The first kappa shape index (κ1) is 21.5. The Hall–Kier alpha value is -4.01. The lowest BCUT2D eigenvalue weighted by Crippen LogP contribution is -2.34. The molecular formula is C26H22F2N6O. The molecule has 2 atom stereocenters. The Morgan fingerprint density at radius 1 is 0.914 bits per heavy atom. The molecular weight excluding hydrogens is 450 g/mol. The van der Waals surface area contributed by atoms with Gasteiger partial charge in [0, 0.05) is 68.1 Å². The highest BCUT2D eigenvalue weighted by Crippen LogP contribution is 2.35. The van der Waals surface area contributed by atoms with Crippen molar-refractivity contribution < 1.29 is 13.6 Å². The smallest absolute Gasteiger partial charge is 0.254 e. The topological polar surface area (TPSA) is 75.1 Å². The summed E-state index contributed by atoms with van der Waals surface area (Å²) in [6.07, 6.45) is 4.96. The summed E-state index contributed by atoms with van der Waals surface area (Å²) in [5, 5.41) is 0. The molecule has 6 rings (SSSR count). The van der Waals surface area contributed by atoms with Crippen LogP contribution < -0.4 is 4.90 Å². The van der Waals surface area contributed by atoms with Crippen LogP contribution in [0.15, 0.2) is 55.0 Å². The van der Waals surface area contributed by atoms with E-state index in [0.29, 0.717) is 53.2 Å². The van der Waals surface area contributed by atoms with Gasteiger partial charge in [-0.05, 0) is 24.6 Å². The van der Waals surface area contributed by atoms with Gasteiger partial charge in [0.1, 0.15) is 5.82 Å². The molecule has 7 nitrogen and oxygen atoms in total. The number of rotatable bonds is 3. The average molecular weight is 472 g/mol. The van der Waals surface area contributed by atoms with Crippen LogP contribution >= 0.6 is 0 Å². The summed E-state index contributed by atoms with van der Waals surface area (Å²) in [5.41, 5.74) is 2.99. The van der Waals surface area contributed by atoms with E-state index in [1.165, 1.54) is 0 Å². The van der Waals surface area contributed by atoms with Gasteiger partial charge in [-0.25, -0.2) is 23.7 Å². The molecule has 0 radical (unpaired) electrons. The molecule has 0 saturated carbocycles. The second-order valence-electron chi connectivity index (χ2n) is 9.19. The van der Waals surface area contributed by atoms with Crippen molar-refractivity contribution in [1.29, 1.82) is 0 Å². The maximum absolute atomic E-state index is 13.7. The molecule has 0 N–H and O–H groups in total. The van der Waals surface area contributed by atoms with E-state index in [1.807, 2.05) is 30.0 Å². The molecule has 176 valence electrons. The van der Waals surface area contributed by atoms with Gasteiger partial charge in [-0.3, -0.25) is 9.78 Å². The fourth-order valence-corrected chi connectivity index (χ4v) is 5.24. The number of carbonyl (C=O) groups is 1. The molecule has 35 heavy (non-hydrogen) atoms. The summed E-state index contributed by atoms with van der Waals surface area (Å²) in [7, 11) is 0. The van der Waals surface area contributed by atoms with Crippen LogP contribution in [0.2, 0.25) is 0 Å². The molecule has 2 aliphatic rings. The van der Waals surface area contributed by atoms with E-state index in [-0.39, 0.29) is 5.91 Å². The standard InChI is InChI=1S/C26H22F2N6O/c1-15-4-2-5-18(24(15)25-29-6-3-7-30-25)26(35)34-13-16-11-33(12-17(16)14-34)23-10-31-21-8-19(27)20(28)9-22(21)32-23/h2-10,16-17H,11-14H2,1H3. The van der Waals surface area contributed by atoms with Gasteiger partial charge in [-0.2, -0.15) is 0 Å². The minimum atomic E-state index is -0.937. The fraction of sp³-hybridized carbons (Fsp3) is 0.269. The van der Waals surface area contributed by atoms with Crippen LogP contribution in [0.1, 0.15) is 15.9 Å². The minimum absolute atomic E-state index is 0.0138. The van der Waals surface area contributed by atoms with Crippen LogP contribution in [0.25, 0.3) is 22.4 Å². The summed E-state index contributed by atoms with van der Waals surface area (Å²) in [6, 6.07) is 9.59. The molecule has 0 bridgehead atoms. The summed E-state index contributed by atoms with van der Waals surface area (Å²) in [6.45, 7) is 4.69. The van der Waals surface area contributed by atoms with Crippen molar-refractivity contribution in [2.45, 2.75) is 6.92 Å². The number of amides is 1. The molecule has 4 aromatic rings. The van der Waals surface area contributed by atoms with Gasteiger partial charge in [0.25, 0.3) is 5.91 Å². The summed E-state index contributed by atoms with van der Waals surface area (Å²) in [4.78, 5) is 35.1. The summed E-state index contributed by atoms with van der Waals surface area (Å²) < 4.78 is 27.1.